The van der Waals surface area contributed by atoms with Crippen molar-refractivity contribution in [2.24, 2.45) is 0 Å². The molecule has 0 saturated heterocycles. The number of nitrogen functional groups attached to an aromatic ring is 1. The Balaban J connectivity index is 1.39. The van der Waals surface area contributed by atoms with Crippen molar-refractivity contribution in [3.63, 3.8) is 0 Å². The molecule has 10 nitrogen and oxygen atoms in total. The van der Waals surface area contributed by atoms with Crippen LogP contribution in [0, 0.1) is 25.2 Å². The standard InChI is InChI=1S/C24H25N9OS/c1-15-12-16(2)33(30-15)23-28-29-24(32(23)26)35-14-21(34)27-22-19(13-25)18-10-6-7-11-20(18)31(22)17-8-4-3-5-9-17/h3-5,8-9,12H,6-7,10-11,14,26H2,1-2H3,(H,27,34). The maximum absolute atomic E-state index is 13.0. The topological polar surface area (TPSA) is 132 Å². The van der Waals surface area contributed by atoms with E-state index < -0.39 is 0 Å². The number of thioether (sulfide) groups is 1. The molecule has 0 radical (unpaired) electrons. The van der Waals surface area contributed by atoms with Crippen molar-refractivity contribution in [2.75, 3.05) is 16.9 Å². The molecule has 11 heteroatoms. The summed E-state index contributed by atoms with van der Waals surface area (Å²) in [6.07, 6.45) is 3.80. The number of amides is 1. The van der Waals surface area contributed by atoms with Crippen molar-refractivity contribution in [1.82, 2.24) is 29.2 Å². The minimum Gasteiger partial charge on any atom is -0.334 e. The number of hydrogen-bond donors (Lipinski definition) is 2. The highest BCUT2D eigenvalue weighted by molar-refractivity contribution is 7.99. The number of para-hydroxylation sites is 1. The Kier molecular flexibility index (Phi) is 6.05. The quantitative estimate of drug-likeness (QED) is 0.315. The largest absolute Gasteiger partial charge is 0.334 e. The number of nitriles is 1. The number of carbonyl (C=O) groups is 1. The van der Waals surface area contributed by atoms with Crippen LogP contribution in [0.15, 0.2) is 41.6 Å². The summed E-state index contributed by atoms with van der Waals surface area (Å²) in [5.41, 5.74) is 5.31. The van der Waals surface area contributed by atoms with Gasteiger partial charge in [-0.3, -0.25) is 9.36 Å². The molecule has 0 aliphatic heterocycles. The number of nitrogens with zero attached hydrogens (tertiary/aromatic N) is 7. The maximum Gasteiger partial charge on any atom is 0.271 e. The van der Waals surface area contributed by atoms with Gasteiger partial charge < -0.3 is 11.2 Å². The third-order valence-electron chi connectivity index (χ3n) is 6.03. The molecule has 0 fully saturated rings. The van der Waals surface area contributed by atoms with E-state index in [4.69, 9.17) is 5.84 Å². The van der Waals surface area contributed by atoms with Gasteiger partial charge in [-0.1, -0.05) is 30.0 Å². The van der Waals surface area contributed by atoms with Crippen LogP contribution in [0.2, 0.25) is 0 Å². The van der Waals surface area contributed by atoms with Crippen LogP contribution in [0.1, 0.15) is 41.1 Å². The average Bonchev–Trinajstić information content (AvgIpc) is 3.49. The zero-order valence-corrected chi connectivity index (χ0v) is 20.3. The highest BCUT2D eigenvalue weighted by atomic mass is 32.2. The van der Waals surface area contributed by atoms with Gasteiger partial charge in [-0.05, 0) is 63.3 Å². The Morgan fingerprint density at radius 2 is 1.97 bits per heavy atom. The van der Waals surface area contributed by atoms with E-state index in [-0.39, 0.29) is 11.7 Å². The van der Waals surface area contributed by atoms with E-state index in [2.05, 4.69) is 26.7 Å². The minimum atomic E-state index is -0.255. The zero-order chi connectivity index (χ0) is 24.5. The summed E-state index contributed by atoms with van der Waals surface area (Å²) in [5, 5.41) is 26.0. The summed E-state index contributed by atoms with van der Waals surface area (Å²) < 4.78 is 4.95. The van der Waals surface area contributed by atoms with Gasteiger partial charge in [-0.25, -0.2) is 9.36 Å². The van der Waals surface area contributed by atoms with E-state index in [1.807, 2.05) is 54.8 Å². The maximum atomic E-state index is 13.0. The molecule has 1 aliphatic rings. The lowest BCUT2D eigenvalue weighted by atomic mass is 9.95. The predicted molar refractivity (Wildman–Crippen MR) is 133 cm³/mol. The molecular formula is C24H25N9OS. The average molecular weight is 488 g/mol. The Morgan fingerprint density at radius 3 is 2.69 bits per heavy atom. The van der Waals surface area contributed by atoms with Crippen LogP contribution < -0.4 is 11.2 Å². The first-order valence-electron chi connectivity index (χ1n) is 11.4. The number of benzene rings is 1. The number of fused-ring (bicyclic) bond motifs is 1. The van der Waals surface area contributed by atoms with Crippen LogP contribution in [0.3, 0.4) is 0 Å². The molecule has 0 atom stereocenters. The normalized spacial score (nSPS) is 12.8. The van der Waals surface area contributed by atoms with Crippen molar-refractivity contribution in [2.45, 2.75) is 44.7 Å². The van der Waals surface area contributed by atoms with Crippen LogP contribution in [0.5, 0.6) is 0 Å². The Morgan fingerprint density at radius 1 is 1.20 bits per heavy atom. The van der Waals surface area contributed by atoms with E-state index >= 15 is 0 Å². The molecule has 0 bridgehead atoms. The Labute approximate surface area is 206 Å². The number of nitrogens with two attached hydrogens (primary N) is 1. The molecule has 5 rings (SSSR count). The van der Waals surface area contributed by atoms with Gasteiger partial charge in [0.1, 0.15) is 11.9 Å². The van der Waals surface area contributed by atoms with Gasteiger partial charge in [-0.2, -0.15) is 10.4 Å². The first kappa shape index (κ1) is 22.7. The van der Waals surface area contributed by atoms with E-state index in [0.29, 0.717) is 22.5 Å². The molecule has 3 aromatic heterocycles. The molecule has 1 amide bonds. The Hall–Kier alpha value is -4.04. The van der Waals surface area contributed by atoms with Crippen molar-refractivity contribution in [3.05, 3.63) is 64.6 Å². The molecule has 1 aliphatic carbocycles. The van der Waals surface area contributed by atoms with Crippen LogP contribution in [-0.4, -0.2) is 40.9 Å². The number of rotatable bonds is 6. The first-order valence-corrected chi connectivity index (χ1v) is 12.3. The fraction of sp³-hybridized carbons (Fsp3) is 0.292. The molecule has 1 aromatic carbocycles. The SMILES string of the molecule is Cc1cc(C)n(-c2nnc(SCC(=O)Nc3c(C#N)c4c(n3-c3ccccc3)CCCC4)n2N)n1. The highest BCUT2D eigenvalue weighted by Gasteiger charge is 2.27. The van der Waals surface area contributed by atoms with Crippen molar-refractivity contribution < 1.29 is 4.79 Å². The number of nitrogens with one attached hydrogen (secondary N) is 1. The second-order valence-electron chi connectivity index (χ2n) is 8.47. The smallest absolute Gasteiger partial charge is 0.271 e. The van der Waals surface area contributed by atoms with Crippen LogP contribution in [-0.2, 0) is 17.6 Å². The number of aryl methyl sites for hydroxylation is 2. The molecule has 0 saturated carbocycles. The number of carbonyl (C=O) groups excluding carboxylic acids is 1. The van der Waals surface area contributed by atoms with E-state index in [9.17, 15) is 10.1 Å². The van der Waals surface area contributed by atoms with Gasteiger partial charge in [-0.15, -0.1) is 10.2 Å². The van der Waals surface area contributed by atoms with Gasteiger partial charge in [0.25, 0.3) is 5.95 Å². The van der Waals surface area contributed by atoms with Gasteiger partial charge in [0.15, 0.2) is 0 Å². The van der Waals surface area contributed by atoms with Crippen LogP contribution in [0.25, 0.3) is 11.6 Å². The van der Waals surface area contributed by atoms with Gasteiger partial charge in [0.05, 0.1) is 17.0 Å². The molecular weight excluding hydrogens is 462 g/mol. The van der Waals surface area contributed by atoms with Crippen LogP contribution in [0.4, 0.5) is 5.82 Å². The first-order chi connectivity index (χ1) is 17.0. The minimum absolute atomic E-state index is 0.0575. The zero-order valence-electron chi connectivity index (χ0n) is 19.5. The summed E-state index contributed by atoms with van der Waals surface area (Å²) in [5.74, 6) is 6.89. The molecule has 0 unspecified atom stereocenters. The molecule has 3 N–H and O–H groups in total. The van der Waals surface area contributed by atoms with Crippen molar-refractivity contribution >= 4 is 23.5 Å². The number of aromatic nitrogens is 6. The summed E-state index contributed by atoms with van der Waals surface area (Å²) in [7, 11) is 0. The monoisotopic (exact) mass is 487 g/mol. The van der Waals surface area contributed by atoms with Crippen molar-refractivity contribution in [1.29, 1.82) is 5.26 Å². The summed E-state index contributed by atoms with van der Waals surface area (Å²) in [6.45, 7) is 3.79. The van der Waals surface area contributed by atoms with Crippen LogP contribution >= 0.6 is 11.8 Å². The van der Waals surface area contributed by atoms with E-state index in [1.54, 1.807) is 4.68 Å². The fourth-order valence-electron chi connectivity index (χ4n) is 4.54. The molecule has 4 aromatic rings. The molecule has 35 heavy (non-hydrogen) atoms. The second-order valence-corrected chi connectivity index (χ2v) is 9.41. The fourth-order valence-corrected chi connectivity index (χ4v) is 5.19. The molecule has 178 valence electrons. The number of anilines is 1. The third kappa shape index (κ3) is 4.17. The summed E-state index contributed by atoms with van der Waals surface area (Å²) >= 11 is 1.17. The second kappa shape index (κ2) is 9.31. The third-order valence-corrected chi connectivity index (χ3v) is 6.98. The van der Waals surface area contributed by atoms with Crippen molar-refractivity contribution in [3.8, 4) is 17.7 Å². The van der Waals surface area contributed by atoms with E-state index in [0.717, 1.165) is 54.0 Å². The summed E-state index contributed by atoms with van der Waals surface area (Å²) in [6, 6.07) is 14.1. The highest BCUT2D eigenvalue weighted by Crippen LogP contribution is 2.35. The molecule has 0 spiro atoms. The lowest BCUT2D eigenvalue weighted by Crippen LogP contribution is -2.20. The Bertz CT molecular complexity index is 1440. The molecule has 3 heterocycles. The van der Waals surface area contributed by atoms with Gasteiger partial charge in [0, 0.05) is 17.1 Å². The van der Waals surface area contributed by atoms with E-state index in [1.165, 1.54) is 16.4 Å². The predicted octanol–water partition coefficient (Wildman–Crippen LogP) is 3.07. The van der Waals surface area contributed by atoms with Gasteiger partial charge in [0.2, 0.25) is 11.1 Å². The summed E-state index contributed by atoms with van der Waals surface area (Å²) in [4.78, 5) is 13.0. The number of hydrogen-bond acceptors (Lipinski definition) is 7. The van der Waals surface area contributed by atoms with Gasteiger partial charge >= 0.3 is 0 Å². The lowest BCUT2D eigenvalue weighted by Gasteiger charge is -2.17. The lowest BCUT2D eigenvalue weighted by molar-refractivity contribution is -0.113.